The van der Waals surface area contributed by atoms with Crippen LogP contribution in [0.15, 0.2) is 0 Å². The molecule has 14 heavy (non-hydrogen) atoms. The topological polar surface area (TPSA) is 44.0 Å². The third-order valence-corrected chi connectivity index (χ3v) is 4.05. The van der Waals surface area contributed by atoms with E-state index in [0.717, 1.165) is 25.7 Å². The Bertz CT molecular complexity index is 231. The molecular formula is C12H21NO. The van der Waals surface area contributed by atoms with Crippen molar-refractivity contribution in [2.45, 2.75) is 52.6 Å². The molecular weight excluding hydrogens is 174 g/mol. The first-order valence-corrected chi connectivity index (χ1v) is 5.65. The summed E-state index contributed by atoms with van der Waals surface area (Å²) in [5, 5.41) is 18.9. The molecule has 0 heterocycles. The minimum absolute atomic E-state index is 0.101. The smallest absolute Gasteiger partial charge is 0.0693 e. The summed E-state index contributed by atoms with van der Waals surface area (Å²) < 4.78 is 0. The molecule has 0 bridgehead atoms. The largest absolute Gasteiger partial charge is 0.393 e. The first-order chi connectivity index (χ1) is 6.55. The van der Waals surface area contributed by atoms with Crippen molar-refractivity contribution in [1.82, 2.24) is 0 Å². The summed E-state index contributed by atoms with van der Waals surface area (Å²) >= 11 is 0. The highest BCUT2D eigenvalue weighted by molar-refractivity contribution is 5.07. The molecule has 0 aromatic carbocycles. The maximum Gasteiger partial charge on any atom is 0.0693 e. The van der Waals surface area contributed by atoms with Crippen molar-refractivity contribution >= 4 is 0 Å². The molecule has 0 saturated heterocycles. The normalized spacial score (nSPS) is 36.4. The zero-order valence-electron chi connectivity index (χ0n) is 9.45. The Hall–Kier alpha value is -0.550. The van der Waals surface area contributed by atoms with Gasteiger partial charge in [0.15, 0.2) is 0 Å². The fourth-order valence-corrected chi connectivity index (χ4v) is 2.61. The van der Waals surface area contributed by atoms with Crippen LogP contribution in [0.2, 0.25) is 0 Å². The molecule has 0 amide bonds. The lowest BCUT2D eigenvalue weighted by atomic mass is 9.73. The number of hydrogen-bond acceptors (Lipinski definition) is 2. The second kappa shape index (κ2) is 4.31. The molecule has 1 fully saturated rings. The van der Waals surface area contributed by atoms with Crippen LogP contribution in [0.1, 0.15) is 46.5 Å². The van der Waals surface area contributed by atoms with E-state index in [1.54, 1.807) is 6.92 Å². The van der Waals surface area contributed by atoms with Crippen LogP contribution in [0, 0.1) is 28.6 Å². The number of hydrogen-bond donors (Lipinski definition) is 1. The molecule has 4 atom stereocenters. The van der Waals surface area contributed by atoms with Crippen LogP contribution in [0.3, 0.4) is 0 Å². The van der Waals surface area contributed by atoms with Gasteiger partial charge in [-0.15, -0.1) is 0 Å². The van der Waals surface area contributed by atoms with E-state index in [2.05, 4.69) is 13.0 Å². The first-order valence-electron chi connectivity index (χ1n) is 5.65. The van der Waals surface area contributed by atoms with Crippen LogP contribution in [0.4, 0.5) is 0 Å². The van der Waals surface area contributed by atoms with Crippen molar-refractivity contribution < 1.29 is 5.11 Å². The van der Waals surface area contributed by atoms with Crippen LogP contribution in [0.5, 0.6) is 0 Å². The summed E-state index contributed by atoms with van der Waals surface area (Å²) in [6.07, 6.45) is 3.89. The van der Waals surface area contributed by atoms with Gasteiger partial charge in [-0.2, -0.15) is 5.26 Å². The van der Waals surface area contributed by atoms with Gasteiger partial charge in [-0.1, -0.05) is 20.3 Å². The Morgan fingerprint density at radius 2 is 2.21 bits per heavy atom. The minimum Gasteiger partial charge on any atom is -0.393 e. The lowest BCUT2D eigenvalue weighted by molar-refractivity contribution is 0.0692. The van der Waals surface area contributed by atoms with Gasteiger partial charge in [-0.05, 0) is 32.1 Å². The summed E-state index contributed by atoms with van der Waals surface area (Å²) in [4.78, 5) is 0. The summed E-state index contributed by atoms with van der Waals surface area (Å²) in [5.41, 5.74) is -0.255. The number of nitrogens with zero attached hydrogens (tertiary/aromatic N) is 1. The predicted octanol–water partition coefficient (Wildman–Crippen LogP) is 2.72. The summed E-state index contributed by atoms with van der Waals surface area (Å²) in [6.45, 7) is 5.99. The Labute approximate surface area is 86.9 Å². The number of aliphatic hydroxyl groups excluding tert-OH is 1. The molecule has 4 unspecified atom stereocenters. The second-order valence-electron chi connectivity index (χ2n) is 4.81. The Morgan fingerprint density at radius 3 is 2.57 bits per heavy atom. The molecule has 1 saturated carbocycles. The highest BCUT2D eigenvalue weighted by Crippen LogP contribution is 2.48. The summed E-state index contributed by atoms with van der Waals surface area (Å²) in [7, 11) is 0. The van der Waals surface area contributed by atoms with Gasteiger partial charge in [0.25, 0.3) is 0 Å². The molecule has 1 rings (SSSR count). The Morgan fingerprint density at radius 1 is 1.57 bits per heavy atom. The fourth-order valence-electron chi connectivity index (χ4n) is 2.61. The second-order valence-corrected chi connectivity index (χ2v) is 4.81. The van der Waals surface area contributed by atoms with Crippen LogP contribution < -0.4 is 0 Å². The van der Waals surface area contributed by atoms with E-state index in [0.29, 0.717) is 5.92 Å². The average molecular weight is 195 g/mol. The highest BCUT2D eigenvalue weighted by Gasteiger charge is 2.44. The van der Waals surface area contributed by atoms with Crippen LogP contribution in [-0.2, 0) is 0 Å². The van der Waals surface area contributed by atoms with Crippen LogP contribution in [-0.4, -0.2) is 11.2 Å². The number of nitriles is 1. The number of aliphatic hydroxyl groups is 1. The van der Waals surface area contributed by atoms with Gasteiger partial charge in [0.1, 0.15) is 0 Å². The molecule has 0 aromatic rings. The molecule has 0 aliphatic heterocycles. The van der Waals surface area contributed by atoms with Gasteiger partial charge in [-0.25, -0.2) is 0 Å². The SMILES string of the molecule is CCC1CCC(C#N)(C(C)C(C)O)C1. The third-order valence-electron chi connectivity index (χ3n) is 4.05. The molecule has 2 nitrogen and oxygen atoms in total. The molecule has 2 heteroatoms. The summed E-state index contributed by atoms with van der Waals surface area (Å²) in [6, 6.07) is 2.46. The van der Waals surface area contributed by atoms with E-state index in [-0.39, 0.29) is 17.4 Å². The predicted molar refractivity (Wildman–Crippen MR) is 56.5 cm³/mol. The van der Waals surface area contributed by atoms with Crippen LogP contribution in [0.25, 0.3) is 0 Å². The minimum atomic E-state index is -0.370. The molecule has 80 valence electrons. The van der Waals surface area contributed by atoms with Gasteiger partial charge in [0.2, 0.25) is 0 Å². The maximum absolute atomic E-state index is 9.59. The lowest BCUT2D eigenvalue weighted by Gasteiger charge is -2.30. The van der Waals surface area contributed by atoms with Crippen molar-refractivity contribution in [2.75, 3.05) is 0 Å². The molecule has 1 aliphatic rings. The van der Waals surface area contributed by atoms with Crippen molar-refractivity contribution in [3.63, 3.8) is 0 Å². The van der Waals surface area contributed by atoms with Gasteiger partial charge >= 0.3 is 0 Å². The van der Waals surface area contributed by atoms with Gasteiger partial charge in [-0.3, -0.25) is 0 Å². The van der Waals surface area contributed by atoms with Crippen molar-refractivity contribution in [3.05, 3.63) is 0 Å². The molecule has 1 N–H and O–H groups in total. The zero-order chi connectivity index (χ0) is 10.8. The highest BCUT2D eigenvalue weighted by atomic mass is 16.3. The van der Waals surface area contributed by atoms with Crippen molar-refractivity contribution in [2.24, 2.45) is 17.3 Å². The lowest BCUT2D eigenvalue weighted by Crippen LogP contribution is -2.32. The molecule has 0 radical (unpaired) electrons. The standard InChI is InChI=1S/C12H21NO/c1-4-11-5-6-12(7-11,8-13)9(2)10(3)14/h9-11,14H,4-7H2,1-3H3. The first kappa shape index (κ1) is 11.5. The van der Waals surface area contributed by atoms with E-state index < -0.39 is 0 Å². The molecule has 0 spiro atoms. The molecule has 0 aromatic heterocycles. The van der Waals surface area contributed by atoms with E-state index in [4.69, 9.17) is 0 Å². The fraction of sp³-hybridized carbons (Fsp3) is 0.917. The van der Waals surface area contributed by atoms with E-state index in [9.17, 15) is 10.4 Å². The van der Waals surface area contributed by atoms with Gasteiger partial charge in [0, 0.05) is 5.92 Å². The molecule has 1 aliphatic carbocycles. The quantitative estimate of drug-likeness (QED) is 0.752. The Kier molecular flexibility index (Phi) is 3.55. The van der Waals surface area contributed by atoms with E-state index in [1.807, 2.05) is 6.92 Å². The zero-order valence-corrected chi connectivity index (χ0v) is 9.45. The van der Waals surface area contributed by atoms with Gasteiger partial charge in [0.05, 0.1) is 17.6 Å². The van der Waals surface area contributed by atoms with Gasteiger partial charge < -0.3 is 5.11 Å². The maximum atomic E-state index is 9.59. The Balaban J connectivity index is 2.75. The monoisotopic (exact) mass is 195 g/mol. The van der Waals surface area contributed by atoms with Crippen LogP contribution >= 0.6 is 0 Å². The van der Waals surface area contributed by atoms with E-state index in [1.165, 1.54) is 0 Å². The van der Waals surface area contributed by atoms with E-state index >= 15 is 0 Å². The number of rotatable bonds is 3. The van der Waals surface area contributed by atoms with Crippen molar-refractivity contribution in [1.29, 1.82) is 5.26 Å². The summed E-state index contributed by atoms with van der Waals surface area (Å²) in [5.74, 6) is 0.792. The average Bonchev–Trinajstić information content (AvgIpc) is 2.61. The van der Waals surface area contributed by atoms with Crippen molar-refractivity contribution in [3.8, 4) is 6.07 Å². The third kappa shape index (κ3) is 1.93.